The lowest BCUT2D eigenvalue weighted by atomic mass is 9.95. The second kappa shape index (κ2) is 6.20. The number of benzene rings is 1. The zero-order valence-corrected chi connectivity index (χ0v) is 11.7. The fourth-order valence-electron chi connectivity index (χ4n) is 2.64. The zero-order chi connectivity index (χ0) is 13.8. The van der Waals surface area contributed by atoms with Gasteiger partial charge in [0.1, 0.15) is 0 Å². The van der Waals surface area contributed by atoms with E-state index >= 15 is 0 Å². The van der Waals surface area contributed by atoms with Crippen molar-refractivity contribution >= 4 is 5.97 Å². The smallest absolute Gasteiger partial charge is 0.317 e. The van der Waals surface area contributed by atoms with E-state index in [1.54, 1.807) is 0 Å². The van der Waals surface area contributed by atoms with Gasteiger partial charge in [-0.05, 0) is 30.7 Å². The molecule has 0 spiro atoms. The van der Waals surface area contributed by atoms with Gasteiger partial charge in [-0.15, -0.1) is 0 Å². The van der Waals surface area contributed by atoms with Crippen LogP contribution in [0.2, 0.25) is 0 Å². The molecule has 1 fully saturated rings. The number of hydrogen-bond donors (Lipinski definition) is 1. The second-order valence-corrected chi connectivity index (χ2v) is 5.85. The minimum absolute atomic E-state index is 0.150. The van der Waals surface area contributed by atoms with E-state index < -0.39 is 5.97 Å². The molecule has 1 unspecified atom stereocenters. The van der Waals surface area contributed by atoms with Gasteiger partial charge in [-0.3, -0.25) is 9.69 Å². The lowest BCUT2D eigenvalue weighted by Crippen LogP contribution is -2.36. The Morgan fingerprint density at radius 2 is 1.95 bits per heavy atom. The predicted molar refractivity (Wildman–Crippen MR) is 76.0 cm³/mol. The fraction of sp³-hybridized carbons (Fsp3) is 0.562. The summed E-state index contributed by atoms with van der Waals surface area (Å²) in [5.74, 6) is -0.170. The van der Waals surface area contributed by atoms with Crippen molar-refractivity contribution in [1.82, 2.24) is 4.90 Å². The molecule has 0 bridgehead atoms. The van der Waals surface area contributed by atoms with Crippen molar-refractivity contribution in [3.63, 3.8) is 0 Å². The molecule has 0 heterocycles. The molecule has 3 nitrogen and oxygen atoms in total. The van der Waals surface area contributed by atoms with Crippen LogP contribution < -0.4 is 0 Å². The maximum absolute atomic E-state index is 11.1. The molecule has 1 atom stereocenters. The van der Waals surface area contributed by atoms with Crippen LogP contribution in [0, 0.1) is 5.92 Å². The number of carboxylic acid groups (broad SMARTS) is 1. The Morgan fingerprint density at radius 3 is 2.42 bits per heavy atom. The molecule has 3 heteroatoms. The van der Waals surface area contributed by atoms with Crippen LogP contribution in [0.15, 0.2) is 30.3 Å². The van der Waals surface area contributed by atoms with Gasteiger partial charge in [-0.1, -0.05) is 44.2 Å². The van der Waals surface area contributed by atoms with Crippen molar-refractivity contribution in [3.8, 4) is 0 Å². The Morgan fingerprint density at radius 1 is 1.32 bits per heavy atom. The molecule has 1 saturated carbocycles. The summed E-state index contributed by atoms with van der Waals surface area (Å²) in [6, 6.07) is 11.0. The van der Waals surface area contributed by atoms with Crippen LogP contribution in [-0.4, -0.2) is 28.6 Å². The first-order valence-corrected chi connectivity index (χ1v) is 7.10. The third-order valence-electron chi connectivity index (χ3n) is 3.61. The van der Waals surface area contributed by atoms with Crippen molar-refractivity contribution in [1.29, 1.82) is 0 Å². The Kier molecular flexibility index (Phi) is 4.59. The van der Waals surface area contributed by atoms with Gasteiger partial charge >= 0.3 is 5.97 Å². The quantitative estimate of drug-likeness (QED) is 0.818. The molecule has 1 N–H and O–H groups in total. The molecule has 1 aliphatic rings. The molecule has 0 aromatic heterocycles. The monoisotopic (exact) mass is 261 g/mol. The van der Waals surface area contributed by atoms with E-state index in [-0.39, 0.29) is 12.6 Å². The summed E-state index contributed by atoms with van der Waals surface area (Å²) in [6.45, 7) is 4.54. The number of carbonyl (C=O) groups is 1. The van der Waals surface area contributed by atoms with Gasteiger partial charge in [-0.2, -0.15) is 0 Å². The highest BCUT2D eigenvalue weighted by molar-refractivity contribution is 5.69. The van der Waals surface area contributed by atoms with Gasteiger partial charge in [0.25, 0.3) is 0 Å². The molecule has 2 rings (SSSR count). The van der Waals surface area contributed by atoms with Gasteiger partial charge in [0, 0.05) is 12.1 Å². The molecule has 0 radical (unpaired) electrons. The molecular formula is C16H23NO2. The molecule has 19 heavy (non-hydrogen) atoms. The van der Waals surface area contributed by atoms with Crippen molar-refractivity contribution in [3.05, 3.63) is 35.9 Å². The van der Waals surface area contributed by atoms with Crippen LogP contribution in [0.25, 0.3) is 0 Å². The first kappa shape index (κ1) is 14.1. The van der Waals surface area contributed by atoms with Crippen LogP contribution in [0.5, 0.6) is 0 Å². The Bertz CT molecular complexity index is 412. The average molecular weight is 261 g/mol. The van der Waals surface area contributed by atoms with Crippen LogP contribution in [0.3, 0.4) is 0 Å². The van der Waals surface area contributed by atoms with Gasteiger partial charge in [0.2, 0.25) is 0 Å². The SMILES string of the molecule is CC(C)CC(c1ccccc1)N(CC(=O)O)C1CC1. The molecule has 0 saturated heterocycles. The van der Waals surface area contributed by atoms with Crippen molar-refractivity contribution in [2.24, 2.45) is 5.92 Å². The van der Waals surface area contributed by atoms with E-state index in [2.05, 4.69) is 30.9 Å². The summed E-state index contributed by atoms with van der Waals surface area (Å²) < 4.78 is 0. The Balaban J connectivity index is 2.21. The normalized spacial score (nSPS) is 16.8. The van der Waals surface area contributed by atoms with Crippen LogP contribution in [0.1, 0.15) is 44.7 Å². The highest BCUT2D eigenvalue weighted by Crippen LogP contribution is 2.37. The highest BCUT2D eigenvalue weighted by atomic mass is 16.4. The van der Waals surface area contributed by atoms with Crippen molar-refractivity contribution in [2.45, 2.75) is 45.2 Å². The Labute approximate surface area is 115 Å². The molecule has 0 aliphatic heterocycles. The summed E-state index contributed by atoms with van der Waals surface area (Å²) >= 11 is 0. The largest absolute Gasteiger partial charge is 0.480 e. The minimum Gasteiger partial charge on any atom is -0.480 e. The van der Waals surface area contributed by atoms with E-state index in [0.717, 1.165) is 19.3 Å². The van der Waals surface area contributed by atoms with Crippen LogP contribution in [0.4, 0.5) is 0 Å². The van der Waals surface area contributed by atoms with E-state index in [1.165, 1.54) is 5.56 Å². The molecular weight excluding hydrogens is 238 g/mol. The lowest BCUT2D eigenvalue weighted by Gasteiger charge is -2.32. The zero-order valence-electron chi connectivity index (χ0n) is 11.7. The highest BCUT2D eigenvalue weighted by Gasteiger charge is 2.35. The van der Waals surface area contributed by atoms with Crippen LogP contribution in [-0.2, 0) is 4.79 Å². The molecule has 1 aromatic rings. The second-order valence-electron chi connectivity index (χ2n) is 5.85. The van der Waals surface area contributed by atoms with E-state index in [1.807, 2.05) is 18.2 Å². The lowest BCUT2D eigenvalue weighted by molar-refractivity contribution is -0.139. The number of nitrogens with zero attached hydrogens (tertiary/aromatic N) is 1. The molecule has 0 amide bonds. The third kappa shape index (κ3) is 4.06. The number of rotatable bonds is 7. The first-order chi connectivity index (χ1) is 9.08. The standard InChI is InChI=1S/C16H23NO2/c1-12(2)10-15(13-6-4-3-5-7-13)17(11-16(18)19)14-8-9-14/h3-7,12,14-15H,8-11H2,1-2H3,(H,18,19). The minimum atomic E-state index is -0.725. The predicted octanol–water partition coefficient (Wildman–Crippen LogP) is 3.32. The Hall–Kier alpha value is -1.35. The van der Waals surface area contributed by atoms with Crippen molar-refractivity contribution in [2.75, 3.05) is 6.54 Å². The summed E-state index contributed by atoms with van der Waals surface area (Å²) in [5.41, 5.74) is 1.24. The third-order valence-corrected chi connectivity index (χ3v) is 3.61. The maximum Gasteiger partial charge on any atom is 0.317 e. The summed E-state index contributed by atoms with van der Waals surface area (Å²) in [4.78, 5) is 13.3. The number of aliphatic carboxylic acids is 1. The summed E-state index contributed by atoms with van der Waals surface area (Å²) in [6.07, 6.45) is 3.28. The van der Waals surface area contributed by atoms with E-state index in [4.69, 9.17) is 5.11 Å². The first-order valence-electron chi connectivity index (χ1n) is 7.10. The van der Waals surface area contributed by atoms with Crippen LogP contribution >= 0.6 is 0 Å². The molecule has 104 valence electrons. The maximum atomic E-state index is 11.1. The average Bonchev–Trinajstić information content (AvgIpc) is 3.18. The number of carboxylic acids is 1. The molecule has 1 aromatic carbocycles. The van der Waals surface area contributed by atoms with Gasteiger partial charge in [0.05, 0.1) is 6.54 Å². The van der Waals surface area contributed by atoms with Crippen molar-refractivity contribution < 1.29 is 9.90 Å². The topological polar surface area (TPSA) is 40.5 Å². The molecule has 1 aliphatic carbocycles. The number of hydrogen-bond acceptors (Lipinski definition) is 2. The van der Waals surface area contributed by atoms with Gasteiger partial charge in [-0.25, -0.2) is 0 Å². The van der Waals surface area contributed by atoms with E-state index in [0.29, 0.717) is 12.0 Å². The summed E-state index contributed by atoms with van der Waals surface area (Å²) in [7, 11) is 0. The fourth-order valence-corrected chi connectivity index (χ4v) is 2.64. The summed E-state index contributed by atoms with van der Waals surface area (Å²) in [5, 5.41) is 9.15. The van der Waals surface area contributed by atoms with Gasteiger partial charge < -0.3 is 5.11 Å². The van der Waals surface area contributed by atoms with Gasteiger partial charge in [0.15, 0.2) is 0 Å². The van der Waals surface area contributed by atoms with E-state index in [9.17, 15) is 4.79 Å².